The first-order valence-corrected chi connectivity index (χ1v) is 3.66. The Morgan fingerprint density at radius 1 is 1.70 bits per heavy atom. The number of rotatable bonds is 2. The number of aliphatic imine (C=N–C) groups is 1. The van der Waals surface area contributed by atoms with Gasteiger partial charge in [0.05, 0.1) is 0 Å². The second-order valence-electron chi connectivity index (χ2n) is 2.26. The van der Waals surface area contributed by atoms with Crippen molar-refractivity contribution in [2.45, 2.75) is 19.8 Å². The lowest BCUT2D eigenvalue weighted by atomic mass is 10.4. The molecule has 0 aromatic carbocycles. The Hall–Kier alpha value is -0.860. The Balaban J connectivity index is 2.57. The zero-order valence-corrected chi connectivity index (χ0v) is 6.38. The highest BCUT2D eigenvalue weighted by Crippen LogP contribution is 2.10. The topological polar surface area (TPSA) is 28.0 Å². The molecule has 1 saturated heterocycles. The van der Waals surface area contributed by atoms with Gasteiger partial charge in [-0.1, -0.05) is 0 Å². The summed E-state index contributed by atoms with van der Waals surface area (Å²) in [7, 11) is 0. The van der Waals surface area contributed by atoms with Crippen LogP contribution in [0.1, 0.15) is 19.8 Å². The molecule has 0 radical (unpaired) electrons. The summed E-state index contributed by atoms with van der Waals surface area (Å²) in [5.41, 5.74) is 0. The first-order valence-electron chi connectivity index (χ1n) is 3.66. The van der Waals surface area contributed by atoms with Crippen molar-refractivity contribution >= 4 is 12.6 Å². The summed E-state index contributed by atoms with van der Waals surface area (Å²) in [5.74, 6) is 1.09. The molecule has 0 atom stereocenters. The predicted molar refractivity (Wildman–Crippen MR) is 43.5 cm³/mol. The molecule has 1 rings (SSSR count). The molecular formula is C7H13N3. The monoisotopic (exact) mass is 139 g/mol. The normalized spacial score (nSPS) is 22.1. The molecule has 0 spiro atoms. The van der Waals surface area contributed by atoms with E-state index < -0.39 is 0 Å². The summed E-state index contributed by atoms with van der Waals surface area (Å²) in [6.07, 6.45) is 2.23. The van der Waals surface area contributed by atoms with Crippen LogP contribution in [0.2, 0.25) is 0 Å². The smallest absolute Gasteiger partial charge is 0.119 e. The van der Waals surface area contributed by atoms with E-state index in [4.69, 9.17) is 0 Å². The first-order chi connectivity index (χ1) is 4.88. The molecule has 0 aliphatic carbocycles. The molecule has 3 heteroatoms. The first kappa shape index (κ1) is 7.25. The summed E-state index contributed by atoms with van der Waals surface area (Å²) >= 11 is 0. The van der Waals surface area contributed by atoms with Crippen LogP contribution in [-0.2, 0) is 0 Å². The van der Waals surface area contributed by atoms with E-state index in [0.717, 1.165) is 31.8 Å². The van der Waals surface area contributed by atoms with E-state index in [1.807, 2.05) is 11.9 Å². The van der Waals surface area contributed by atoms with Gasteiger partial charge in [0, 0.05) is 26.2 Å². The van der Waals surface area contributed by atoms with Crippen LogP contribution in [0.5, 0.6) is 0 Å². The highest BCUT2D eigenvalue weighted by molar-refractivity contribution is 5.83. The molecule has 3 nitrogen and oxygen atoms in total. The Kier molecular flexibility index (Phi) is 2.42. The van der Waals surface area contributed by atoms with Gasteiger partial charge in [-0.2, -0.15) is 5.10 Å². The second kappa shape index (κ2) is 3.34. The van der Waals surface area contributed by atoms with Crippen molar-refractivity contribution in [2.75, 3.05) is 13.1 Å². The third-order valence-corrected chi connectivity index (χ3v) is 1.58. The van der Waals surface area contributed by atoms with Gasteiger partial charge in [-0.15, -0.1) is 0 Å². The number of nitrogens with zero attached hydrogens (tertiary/aromatic N) is 3. The maximum Gasteiger partial charge on any atom is 0.119 e. The van der Waals surface area contributed by atoms with E-state index >= 15 is 0 Å². The molecule has 0 aromatic heterocycles. The van der Waals surface area contributed by atoms with Crippen LogP contribution in [0.15, 0.2) is 10.1 Å². The Bertz CT molecular complexity index is 151. The van der Waals surface area contributed by atoms with Gasteiger partial charge >= 0.3 is 0 Å². The van der Waals surface area contributed by atoms with Crippen molar-refractivity contribution in [3.05, 3.63) is 0 Å². The molecule has 0 N–H and O–H groups in total. The lowest BCUT2D eigenvalue weighted by Crippen LogP contribution is -2.17. The van der Waals surface area contributed by atoms with Gasteiger partial charge in [-0.05, 0) is 13.3 Å². The standard InChI is InChI=1S/C7H13N3/c1-3-9-7-5-4-6-10(7)8-2/h2-6H2,1H3/b9-7-. The SMILES string of the molecule is C=NN1CCC/C1=N/CC. The fraction of sp³-hybridized carbons (Fsp3) is 0.714. The average molecular weight is 139 g/mol. The van der Waals surface area contributed by atoms with Crippen LogP contribution < -0.4 is 0 Å². The Labute approximate surface area is 61.4 Å². The molecule has 1 fully saturated rings. The molecule has 0 bridgehead atoms. The number of amidine groups is 1. The lowest BCUT2D eigenvalue weighted by Gasteiger charge is -2.09. The Morgan fingerprint density at radius 3 is 3.10 bits per heavy atom. The lowest BCUT2D eigenvalue weighted by molar-refractivity contribution is 0.487. The van der Waals surface area contributed by atoms with Crippen molar-refractivity contribution in [3.8, 4) is 0 Å². The van der Waals surface area contributed by atoms with Crippen LogP contribution in [0.3, 0.4) is 0 Å². The van der Waals surface area contributed by atoms with E-state index in [-0.39, 0.29) is 0 Å². The number of hydrogen-bond acceptors (Lipinski definition) is 2. The van der Waals surface area contributed by atoms with Crippen molar-refractivity contribution < 1.29 is 0 Å². The minimum atomic E-state index is 0.849. The highest BCUT2D eigenvalue weighted by Gasteiger charge is 2.15. The molecule has 10 heavy (non-hydrogen) atoms. The summed E-state index contributed by atoms with van der Waals surface area (Å²) in [6, 6.07) is 0. The fourth-order valence-electron chi connectivity index (χ4n) is 1.14. The van der Waals surface area contributed by atoms with Crippen LogP contribution >= 0.6 is 0 Å². The van der Waals surface area contributed by atoms with Crippen LogP contribution in [0.4, 0.5) is 0 Å². The molecule has 1 aliphatic heterocycles. The highest BCUT2D eigenvalue weighted by atomic mass is 15.5. The third-order valence-electron chi connectivity index (χ3n) is 1.58. The van der Waals surface area contributed by atoms with Gasteiger partial charge in [0.1, 0.15) is 5.84 Å². The summed E-state index contributed by atoms with van der Waals surface area (Å²) in [6.45, 7) is 7.34. The van der Waals surface area contributed by atoms with Crippen molar-refractivity contribution in [1.29, 1.82) is 0 Å². The largest absolute Gasteiger partial charge is 0.271 e. The quantitative estimate of drug-likeness (QED) is 0.527. The van der Waals surface area contributed by atoms with E-state index in [2.05, 4.69) is 16.8 Å². The van der Waals surface area contributed by atoms with Crippen LogP contribution in [0.25, 0.3) is 0 Å². The summed E-state index contributed by atoms with van der Waals surface area (Å²) in [4.78, 5) is 4.28. The maximum absolute atomic E-state index is 4.28. The fourth-order valence-corrected chi connectivity index (χ4v) is 1.14. The van der Waals surface area contributed by atoms with Gasteiger partial charge in [0.15, 0.2) is 0 Å². The Morgan fingerprint density at radius 2 is 2.50 bits per heavy atom. The van der Waals surface area contributed by atoms with Gasteiger partial charge in [-0.3, -0.25) is 10.0 Å². The molecule has 0 amide bonds. The van der Waals surface area contributed by atoms with E-state index in [0.29, 0.717) is 0 Å². The number of hydrazone groups is 1. The third kappa shape index (κ3) is 1.35. The van der Waals surface area contributed by atoms with Gasteiger partial charge in [0.2, 0.25) is 0 Å². The summed E-state index contributed by atoms with van der Waals surface area (Å²) in [5, 5.41) is 5.72. The van der Waals surface area contributed by atoms with Gasteiger partial charge in [-0.25, -0.2) is 0 Å². The molecule has 56 valence electrons. The zero-order chi connectivity index (χ0) is 7.40. The molecular weight excluding hydrogens is 126 g/mol. The molecule has 0 unspecified atom stereocenters. The van der Waals surface area contributed by atoms with Crippen molar-refractivity contribution in [3.63, 3.8) is 0 Å². The van der Waals surface area contributed by atoms with Crippen molar-refractivity contribution in [2.24, 2.45) is 10.1 Å². The molecule has 1 aliphatic rings. The molecule has 0 saturated carbocycles. The second-order valence-corrected chi connectivity index (χ2v) is 2.26. The van der Waals surface area contributed by atoms with Gasteiger partial charge in [0.25, 0.3) is 0 Å². The van der Waals surface area contributed by atoms with Gasteiger partial charge < -0.3 is 0 Å². The van der Waals surface area contributed by atoms with E-state index in [9.17, 15) is 0 Å². The maximum atomic E-state index is 4.28. The zero-order valence-electron chi connectivity index (χ0n) is 6.38. The van der Waals surface area contributed by atoms with E-state index in [1.165, 1.54) is 0 Å². The van der Waals surface area contributed by atoms with Crippen LogP contribution in [-0.4, -0.2) is 30.7 Å². The minimum absolute atomic E-state index is 0.849. The van der Waals surface area contributed by atoms with Crippen LogP contribution in [0, 0.1) is 0 Å². The van der Waals surface area contributed by atoms with E-state index in [1.54, 1.807) is 0 Å². The number of hydrogen-bond donors (Lipinski definition) is 0. The molecule has 1 heterocycles. The predicted octanol–water partition coefficient (Wildman–Crippen LogP) is 1.12. The average Bonchev–Trinajstić information content (AvgIpc) is 2.36. The van der Waals surface area contributed by atoms with Crippen molar-refractivity contribution in [1.82, 2.24) is 5.01 Å². The molecule has 0 aromatic rings. The minimum Gasteiger partial charge on any atom is -0.271 e. The summed E-state index contributed by atoms with van der Waals surface area (Å²) < 4.78 is 0.